The summed E-state index contributed by atoms with van der Waals surface area (Å²) < 4.78 is 10.9. The van der Waals surface area contributed by atoms with E-state index in [1.807, 2.05) is 6.92 Å². The SMILES string of the molecule is CCOC(=O)N1CCSC1COC1C=CCCC1. The molecule has 2 rings (SSSR count). The molecule has 0 saturated carbocycles. The van der Waals surface area contributed by atoms with Crippen LogP contribution < -0.4 is 0 Å². The molecule has 5 heteroatoms. The van der Waals surface area contributed by atoms with Gasteiger partial charge < -0.3 is 9.47 Å². The van der Waals surface area contributed by atoms with Gasteiger partial charge in [-0.15, -0.1) is 11.8 Å². The zero-order valence-electron chi connectivity index (χ0n) is 10.8. The highest BCUT2D eigenvalue weighted by Crippen LogP contribution is 2.25. The van der Waals surface area contributed by atoms with Crippen LogP contribution in [0.15, 0.2) is 12.2 Å². The van der Waals surface area contributed by atoms with E-state index >= 15 is 0 Å². The van der Waals surface area contributed by atoms with Gasteiger partial charge in [0.15, 0.2) is 0 Å². The number of carbonyl (C=O) groups is 1. The smallest absolute Gasteiger partial charge is 0.410 e. The molecule has 0 aromatic heterocycles. The van der Waals surface area contributed by atoms with Crippen LogP contribution in [0.2, 0.25) is 0 Å². The molecule has 0 radical (unpaired) electrons. The monoisotopic (exact) mass is 271 g/mol. The maximum absolute atomic E-state index is 11.7. The zero-order valence-corrected chi connectivity index (χ0v) is 11.7. The minimum Gasteiger partial charge on any atom is -0.450 e. The van der Waals surface area contributed by atoms with E-state index in [2.05, 4.69) is 12.2 Å². The number of thioether (sulfide) groups is 1. The maximum Gasteiger partial charge on any atom is 0.410 e. The van der Waals surface area contributed by atoms with Gasteiger partial charge in [0, 0.05) is 12.3 Å². The summed E-state index contributed by atoms with van der Waals surface area (Å²) in [5.74, 6) is 0.966. The van der Waals surface area contributed by atoms with Crippen molar-refractivity contribution in [3.63, 3.8) is 0 Å². The fourth-order valence-corrected chi connectivity index (χ4v) is 3.32. The van der Waals surface area contributed by atoms with E-state index in [0.717, 1.165) is 25.1 Å². The van der Waals surface area contributed by atoms with E-state index in [-0.39, 0.29) is 17.6 Å². The summed E-state index contributed by atoms with van der Waals surface area (Å²) in [6.07, 6.45) is 7.77. The van der Waals surface area contributed by atoms with Gasteiger partial charge >= 0.3 is 6.09 Å². The number of rotatable bonds is 4. The highest BCUT2D eigenvalue weighted by atomic mass is 32.2. The fourth-order valence-electron chi connectivity index (χ4n) is 2.20. The largest absolute Gasteiger partial charge is 0.450 e. The van der Waals surface area contributed by atoms with E-state index in [1.54, 1.807) is 16.7 Å². The van der Waals surface area contributed by atoms with E-state index < -0.39 is 0 Å². The molecule has 0 N–H and O–H groups in total. The minimum absolute atomic E-state index is 0.111. The molecule has 1 amide bonds. The average molecular weight is 271 g/mol. The summed E-state index contributed by atoms with van der Waals surface area (Å²) in [6, 6.07) is 0. The molecular weight excluding hydrogens is 250 g/mol. The van der Waals surface area contributed by atoms with Crippen molar-refractivity contribution in [3.05, 3.63) is 12.2 Å². The van der Waals surface area contributed by atoms with Crippen LogP contribution in [0.3, 0.4) is 0 Å². The lowest BCUT2D eigenvalue weighted by molar-refractivity contribution is 0.0450. The molecule has 2 atom stereocenters. The number of nitrogens with zero attached hydrogens (tertiary/aromatic N) is 1. The molecule has 1 saturated heterocycles. The summed E-state index contributed by atoms with van der Waals surface area (Å²) >= 11 is 1.77. The highest BCUT2D eigenvalue weighted by Gasteiger charge is 2.31. The molecule has 1 fully saturated rings. The molecule has 0 spiro atoms. The zero-order chi connectivity index (χ0) is 12.8. The molecule has 102 valence electrons. The Balaban J connectivity index is 1.78. The summed E-state index contributed by atoms with van der Waals surface area (Å²) in [7, 11) is 0. The summed E-state index contributed by atoms with van der Waals surface area (Å²) in [5, 5.41) is 0.111. The van der Waals surface area contributed by atoms with Crippen LogP contribution in [0.25, 0.3) is 0 Å². The standard InChI is InChI=1S/C13H21NO3S/c1-2-16-13(15)14-8-9-18-12(14)10-17-11-6-4-3-5-7-11/h4,6,11-12H,2-3,5,7-10H2,1H3. The van der Waals surface area contributed by atoms with Crippen LogP contribution in [-0.4, -0.2) is 48.0 Å². The van der Waals surface area contributed by atoms with Gasteiger partial charge in [-0.3, -0.25) is 4.90 Å². The van der Waals surface area contributed by atoms with Crippen LogP contribution in [0.1, 0.15) is 26.2 Å². The van der Waals surface area contributed by atoms with Crippen molar-refractivity contribution in [1.29, 1.82) is 0 Å². The van der Waals surface area contributed by atoms with Gasteiger partial charge in [0.25, 0.3) is 0 Å². The summed E-state index contributed by atoms with van der Waals surface area (Å²) in [4.78, 5) is 13.5. The van der Waals surface area contributed by atoms with Crippen LogP contribution in [0.4, 0.5) is 4.79 Å². The molecule has 0 aromatic carbocycles. The summed E-state index contributed by atoms with van der Waals surface area (Å²) in [6.45, 7) is 3.62. The average Bonchev–Trinajstić information content (AvgIpc) is 2.86. The normalized spacial score (nSPS) is 27.5. The molecule has 2 aliphatic rings. The Morgan fingerprint density at radius 2 is 2.44 bits per heavy atom. The lowest BCUT2D eigenvalue weighted by Crippen LogP contribution is -2.38. The maximum atomic E-state index is 11.7. The van der Waals surface area contributed by atoms with Crippen LogP contribution in [-0.2, 0) is 9.47 Å². The van der Waals surface area contributed by atoms with E-state index in [0.29, 0.717) is 13.2 Å². The lowest BCUT2D eigenvalue weighted by Gasteiger charge is -2.25. The van der Waals surface area contributed by atoms with Gasteiger partial charge in [-0.05, 0) is 26.2 Å². The van der Waals surface area contributed by atoms with E-state index in [4.69, 9.17) is 9.47 Å². The molecule has 0 aromatic rings. The van der Waals surface area contributed by atoms with Crippen molar-refractivity contribution in [1.82, 2.24) is 4.90 Å². The Kier molecular flexibility index (Phi) is 5.38. The second-order valence-corrected chi connectivity index (χ2v) is 5.73. The second-order valence-electron chi connectivity index (χ2n) is 4.45. The van der Waals surface area contributed by atoms with Gasteiger partial charge in [-0.25, -0.2) is 4.79 Å². The third-order valence-corrected chi connectivity index (χ3v) is 4.35. The van der Waals surface area contributed by atoms with Gasteiger partial charge in [-0.1, -0.05) is 12.2 Å². The van der Waals surface area contributed by atoms with Crippen LogP contribution >= 0.6 is 11.8 Å². The molecule has 1 heterocycles. The first kappa shape index (κ1) is 13.7. The predicted octanol–water partition coefficient (Wildman–Crippen LogP) is 2.64. The molecule has 2 unspecified atom stereocenters. The van der Waals surface area contributed by atoms with Crippen molar-refractivity contribution in [3.8, 4) is 0 Å². The van der Waals surface area contributed by atoms with Crippen molar-refractivity contribution in [2.45, 2.75) is 37.7 Å². The van der Waals surface area contributed by atoms with Gasteiger partial charge in [0.1, 0.15) is 5.37 Å². The minimum atomic E-state index is -0.213. The van der Waals surface area contributed by atoms with Crippen molar-refractivity contribution in [2.75, 3.05) is 25.5 Å². The Labute approximate surface area is 113 Å². The molecule has 1 aliphatic carbocycles. The Hall–Kier alpha value is -0.680. The molecule has 4 nitrogen and oxygen atoms in total. The van der Waals surface area contributed by atoms with Crippen LogP contribution in [0, 0.1) is 0 Å². The third kappa shape index (κ3) is 3.65. The number of hydrogen-bond donors (Lipinski definition) is 0. The number of amides is 1. The second kappa shape index (κ2) is 7.04. The third-order valence-electron chi connectivity index (χ3n) is 3.16. The highest BCUT2D eigenvalue weighted by molar-refractivity contribution is 8.00. The Morgan fingerprint density at radius 3 is 3.17 bits per heavy atom. The first-order chi connectivity index (χ1) is 8.81. The Morgan fingerprint density at radius 1 is 1.56 bits per heavy atom. The van der Waals surface area contributed by atoms with E-state index in [9.17, 15) is 4.79 Å². The summed E-state index contributed by atoms with van der Waals surface area (Å²) in [5.41, 5.74) is 0. The number of carbonyl (C=O) groups excluding carboxylic acids is 1. The predicted molar refractivity (Wildman–Crippen MR) is 72.7 cm³/mol. The topological polar surface area (TPSA) is 38.8 Å². The number of allylic oxidation sites excluding steroid dienone is 1. The van der Waals surface area contributed by atoms with Crippen LogP contribution in [0.5, 0.6) is 0 Å². The van der Waals surface area contributed by atoms with E-state index in [1.165, 1.54) is 6.42 Å². The number of hydrogen-bond acceptors (Lipinski definition) is 4. The molecule has 18 heavy (non-hydrogen) atoms. The molecular formula is C13H21NO3S. The Bertz CT molecular complexity index is 309. The molecule has 1 aliphatic heterocycles. The van der Waals surface area contributed by atoms with Gasteiger partial charge in [0.05, 0.1) is 19.3 Å². The van der Waals surface area contributed by atoms with Crippen molar-refractivity contribution in [2.24, 2.45) is 0 Å². The van der Waals surface area contributed by atoms with Gasteiger partial charge in [-0.2, -0.15) is 0 Å². The first-order valence-corrected chi connectivity index (χ1v) is 7.69. The van der Waals surface area contributed by atoms with Crippen molar-refractivity contribution < 1.29 is 14.3 Å². The molecule has 0 bridgehead atoms. The quantitative estimate of drug-likeness (QED) is 0.737. The fraction of sp³-hybridized carbons (Fsp3) is 0.769. The number of ether oxygens (including phenoxy) is 2. The lowest BCUT2D eigenvalue weighted by atomic mass is 10.1. The van der Waals surface area contributed by atoms with Gasteiger partial charge in [0.2, 0.25) is 0 Å². The van der Waals surface area contributed by atoms with Crippen molar-refractivity contribution >= 4 is 17.9 Å². The first-order valence-electron chi connectivity index (χ1n) is 6.64.